The average Bonchev–Trinajstić information content (AvgIpc) is 2.05. The van der Waals surface area contributed by atoms with Gasteiger partial charge in [-0.3, -0.25) is 14.8 Å². The molecule has 1 rings (SSSR count). The van der Waals surface area contributed by atoms with Gasteiger partial charge < -0.3 is 5.11 Å². The van der Waals surface area contributed by atoms with Gasteiger partial charge in [-0.15, -0.1) is 0 Å². The first kappa shape index (κ1) is 11.1. The van der Waals surface area contributed by atoms with Gasteiger partial charge in [-0.25, -0.2) is 0 Å². The SMILES string of the molecule is CC(C(=O)O)c1cnccn1.[LiH]. The van der Waals surface area contributed by atoms with E-state index in [9.17, 15) is 4.79 Å². The molecule has 1 aromatic rings. The normalized spacial score (nSPS) is 11.4. The second-order valence-electron chi connectivity index (χ2n) is 2.19. The summed E-state index contributed by atoms with van der Waals surface area (Å²) < 4.78 is 0. The molecule has 0 radical (unpaired) electrons. The van der Waals surface area contributed by atoms with Crippen LogP contribution in [0.2, 0.25) is 0 Å². The van der Waals surface area contributed by atoms with Crippen molar-refractivity contribution in [2.75, 3.05) is 0 Å². The van der Waals surface area contributed by atoms with Gasteiger partial charge in [-0.05, 0) is 6.92 Å². The quantitative estimate of drug-likeness (QED) is 0.619. The van der Waals surface area contributed by atoms with E-state index in [1.165, 1.54) is 18.6 Å². The van der Waals surface area contributed by atoms with Crippen LogP contribution in [0, 0.1) is 0 Å². The van der Waals surface area contributed by atoms with Crippen molar-refractivity contribution in [3.8, 4) is 0 Å². The van der Waals surface area contributed by atoms with Crippen LogP contribution >= 0.6 is 0 Å². The third-order valence-corrected chi connectivity index (χ3v) is 1.40. The van der Waals surface area contributed by atoms with Crippen LogP contribution in [0.25, 0.3) is 0 Å². The molecule has 0 aliphatic rings. The van der Waals surface area contributed by atoms with Crippen molar-refractivity contribution in [3.63, 3.8) is 0 Å². The third-order valence-electron chi connectivity index (χ3n) is 1.40. The summed E-state index contributed by atoms with van der Waals surface area (Å²) in [6.07, 6.45) is 4.45. The molecule has 4 nitrogen and oxygen atoms in total. The molecule has 1 atom stereocenters. The summed E-state index contributed by atoms with van der Waals surface area (Å²) in [4.78, 5) is 18.1. The molecule has 0 bridgehead atoms. The number of carbonyl (C=O) groups is 1. The summed E-state index contributed by atoms with van der Waals surface area (Å²) in [5.74, 6) is -1.46. The number of aliphatic carboxylic acids is 1. The van der Waals surface area contributed by atoms with Gasteiger partial charge in [0.15, 0.2) is 0 Å². The minimum atomic E-state index is -0.884. The van der Waals surface area contributed by atoms with Crippen LogP contribution in [0.15, 0.2) is 18.6 Å². The van der Waals surface area contributed by atoms with Crippen LogP contribution in [0.1, 0.15) is 18.5 Å². The maximum absolute atomic E-state index is 10.4. The van der Waals surface area contributed by atoms with Gasteiger partial charge in [0.2, 0.25) is 0 Å². The Balaban J connectivity index is 0.00000121. The molecule has 0 saturated heterocycles. The number of nitrogens with zero attached hydrogens (tertiary/aromatic N) is 2. The molecule has 0 saturated carbocycles. The first-order valence-corrected chi connectivity index (χ1v) is 3.20. The Hall–Kier alpha value is -0.853. The summed E-state index contributed by atoms with van der Waals surface area (Å²) in [6, 6.07) is 0. The summed E-state index contributed by atoms with van der Waals surface area (Å²) in [7, 11) is 0. The van der Waals surface area contributed by atoms with Crippen LogP contribution in [0.5, 0.6) is 0 Å². The average molecular weight is 160 g/mol. The Morgan fingerprint density at radius 2 is 2.25 bits per heavy atom. The Labute approximate surface area is 82.2 Å². The van der Waals surface area contributed by atoms with Gasteiger partial charge in [0.05, 0.1) is 11.6 Å². The molecular weight excluding hydrogens is 151 g/mol. The van der Waals surface area contributed by atoms with Gasteiger partial charge in [0.25, 0.3) is 0 Å². The minimum absolute atomic E-state index is 0. The molecule has 12 heavy (non-hydrogen) atoms. The fourth-order valence-electron chi connectivity index (χ4n) is 0.661. The third kappa shape index (κ3) is 2.65. The standard InChI is InChI=1S/C7H8N2O2.Li.H/c1-5(7(10)11)6-4-8-2-3-9-6;;/h2-5H,1H3,(H,10,11);;. The van der Waals surface area contributed by atoms with Gasteiger partial charge >= 0.3 is 24.8 Å². The van der Waals surface area contributed by atoms with Crippen molar-refractivity contribution in [1.29, 1.82) is 0 Å². The van der Waals surface area contributed by atoms with Crippen LogP contribution in [0.4, 0.5) is 0 Å². The van der Waals surface area contributed by atoms with Crippen molar-refractivity contribution in [2.24, 2.45) is 0 Å². The van der Waals surface area contributed by atoms with Gasteiger partial charge in [-0.1, -0.05) is 0 Å². The fraction of sp³-hybridized carbons (Fsp3) is 0.286. The topological polar surface area (TPSA) is 63.1 Å². The number of aromatic nitrogens is 2. The molecule has 0 aliphatic heterocycles. The van der Waals surface area contributed by atoms with Crippen molar-refractivity contribution < 1.29 is 9.90 Å². The van der Waals surface area contributed by atoms with E-state index in [1.54, 1.807) is 6.92 Å². The predicted molar refractivity (Wildman–Crippen MR) is 45.2 cm³/mol. The Morgan fingerprint density at radius 1 is 1.58 bits per heavy atom. The molecule has 0 spiro atoms. The summed E-state index contributed by atoms with van der Waals surface area (Å²) in [6.45, 7) is 1.58. The zero-order valence-corrected chi connectivity index (χ0v) is 6.06. The van der Waals surface area contributed by atoms with Crippen LogP contribution in [0.3, 0.4) is 0 Å². The van der Waals surface area contributed by atoms with Crippen LogP contribution in [-0.4, -0.2) is 39.9 Å². The van der Waals surface area contributed by atoms with Crippen molar-refractivity contribution >= 4 is 24.8 Å². The van der Waals surface area contributed by atoms with Crippen LogP contribution in [-0.2, 0) is 4.79 Å². The molecule has 1 aromatic heterocycles. The first-order valence-electron chi connectivity index (χ1n) is 3.20. The number of rotatable bonds is 2. The second-order valence-corrected chi connectivity index (χ2v) is 2.19. The molecule has 60 valence electrons. The zero-order chi connectivity index (χ0) is 8.27. The molecular formula is C7H9LiN2O2. The predicted octanol–water partition coefficient (Wildman–Crippen LogP) is 0.0162. The molecule has 0 aliphatic carbocycles. The number of carboxylic acids is 1. The Bertz CT molecular complexity index is 253. The second kappa shape index (κ2) is 4.91. The van der Waals surface area contributed by atoms with E-state index < -0.39 is 11.9 Å². The van der Waals surface area contributed by atoms with Crippen molar-refractivity contribution in [3.05, 3.63) is 24.3 Å². The summed E-state index contributed by atoms with van der Waals surface area (Å²) >= 11 is 0. The fourth-order valence-corrected chi connectivity index (χ4v) is 0.661. The number of hydrogen-bond donors (Lipinski definition) is 1. The van der Waals surface area contributed by atoms with Gasteiger partial charge in [-0.2, -0.15) is 0 Å². The number of carboxylic acid groups (broad SMARTS) is 1. The molecule has 5 heteroatoms. The Morgan fingerprint density at radius 3 is 2.67 bits per heavy atom. The maximum atomic E-state index is 10.4. The van der Waals surface area contributed by atoms with Crippen LogP contribution < -0.4 is 0 Å². The van der Waals surface area contributed by atoms with E-state index in [-0.39, 0.29) is 18.9 Å². The van der Waals surface area contributed by atoms with E-state index in [0.29, 0.717) is 5.69 Å². The summed E-state index contributed by atoms with van der Waals surface area (Å²) in [5, 5.41) is 8.57. The zero-order valence-electron chi connectivity index (χ0n) is 6.06. The van der Waals surface area contributed by atoms with E-state index in [0.717, 1.165) is 0 Å². The Kier molecular flexibility index (Phi) is 4.56. The molecule has 0 aromatic carbocycles. The first-order chi connectivity index (χ1) is 5.22. The van der Waals surface area contributed by atoms with E-state index in [4.69, 9.17) is 5.11 Å². The van der Waals surface area contributed by atoms with Gasteiger partial charge in [0.1, 0.15) is 0 Å². The van der Waals surface area contributed by atoms with E-state index >= 15 is 0 Å². The molecule has 1 N–H and O–H groups in total. The van der Waals surface area contributed by atoms with E-state index in [2.05, 4.69) is 9.97 Å². The van der Waals surface area contributed by atoms with Crippen molar-refractivity contribution in [2.45, 2.75) is 12.8 Å². The monoisotopic (exact) mass is 160 g/mol. The van der Waals surface area contributed by atoms with Gasteiger partial charge in [0, 0.05) is 18.6 Å². The van der Waals surface area contributed by atoms with Crippen molar-refractivity contribution in [1.82, 2.24) is 9.97 Å². The number of hydrogen-bond acceptors (Lipinski definition) is 3. The molecule has 0 amide bonds. The molecule has 1 heterocycles. The van der Waals surface area contributed by atoms with E-state index in [1.807, 2.05) is 0 Å². The molecule has 1 unspecified atom stereocenters. The summed E-state index contributed by atoms with van der Waals surface area (Å²) in [5.41, 5.74) is 0.486. The molecule has 0 fully saturated rings.